The van der Waals surface area contributed by atoms with Crippen LogP contribution in [0.4, 0.5) is 5.69 Å². The van der Waals surface area contributed by atoms with Gasteiger partial charge in [-0.3, -0.25) is 0 Å². The molecule has 0 amide bonds. The highest BCUT2D eigenvalue weighted by Crippen LogP contribution is 2.22. The van der Waals surface area contributed by atoms with E-state index < -0.39 is 0 Å². The summed E-state index contributed by atoms with van der Waals surface area (Å²) in [6.45, 7) is 5.67. The molecule has 96 valence electrons. The Labute approximate surface area is 105 Å². The van der Waals surface area contributed by atoms with Crippen molar-refractivity contribution in [3.63, 3.8) is 0 Å². The molecular formula is C14H24N2O. The fourth-order valence-electron chi connectivity index (χ4n) is 2.28. The second kappa shape index (κ2) is 6.62. The minimum Gasteiger partial charge on any atom is -0.384 e. The third kappa shape index (κ3) is 3.45. The molecule has 3 nitrogen and oxygen atoms in total. The van der Waals surface area contributed by atoms with Crippen LogP contribution < -0.4 is 10.6 Å². The molecule has 2 N–H and O–H groups in total. The Balaban J connectivity index is 2.86. The summed E-state index contributed by atoms with van der Waals surface area (Å²) in [6.07, 6.45) is 0. The van der Waals surface area contributed by atoms with Gasteiger partial charge in [-0.15, -0.1) is 0 Å². The number of anilines is 1. The SMILES string of the molecule is COCC(C)C(CN)N(C)c1ccccc1C. The number of nitrogens with zero attached hydrogens (tertiary/aromatic N) is 1. The van der Waals surface area contributed by atoms with Crippen molar-refractivity contribution in [2.75, 3.05) is 32.2 Å². The lowest BCUT2D eigenvalue weighted by Gasteiger charge is -2.34. The molecule has 2 unspecified atom stereocenters. The average Bonchev–Trinajstić information content (AvgIpc) is 2.30. The Kier molecular flexibility index (Phi) is 5.45. The van der Waals surface area contributed by atoms with E-state index in [9.17, 15) is 0 Å². The molecule has 0 aromatic heterocycles. The highest BCUT2D eigenvalue weighted by molar-refractivity contribution is 5.53. The summed E-state index contributed by atoms with van der Waals surface area (Å²) < 4.78 is 5.22. The summed E-state index contributed by atoms with van der Waals surface area (Å²) >= 11 is 0. The van der Waals surface area contributed by atoms with Gasteiger partial charge in [0.1, 0.15) is 0 Å². The lowest BCUT2D eigenvalue weighted by Crippen LogP contribution is -2.44. The van der Waals surface area contributed by atoms with Crippen molar-refractivity contribution < 1.29 is 4.74 Å². The van der Waals surface area contributed by atoms with E-state index in [0.29, 0.717) is 18.5 Å². The van der Waals surface area contributed by atoms with Crippen molar-refractivity contribution >= 4 is 5.69 Å². The zero-order valence-electron chi connectivity index (χ0n) is 11.3. The lowest BCUT2D eigenvalue weighted by molar-refractivity contribution is 0.147. The van der Waals surface area contributed by atoms with E-state index in [1.165, 1.54) is 11.3 Å². The summed E-state index contributed by atoms with van der Waals surface area (Å²) in [6, 6.07) is 8.68. The molecule has 0 saturated heterocycles. The van der Waals surface area contributed by atoms with Crippen molar-refractivity contribution in [2.24, 2.45) is 11.7 Å². The number of hydrogen-bond acceptors (Lipinski definition) is 3. The maximum atomic E-state index is 5.90. The van der Waals surface area contributed by atoms with E-state index in [4.69, 9.17) is 10.5 Å². The summed E-state index contributed by atoms with van der Waals surface area (Å²) in [7, 11) is 3.84. The maximum Gasteiger partial charge on any atom is 0.0507 e. The molecule has 3 heteroatoms. The van der Waals surface area contributed by atoms with E-state index in [2.05, 4.69) is 50.1 Å². The zero-order chi connectivity index (χ0) is 12.8. The van der Waals surface area contributed by atoms with Crippen LogP contribution in [-0.2, 0) is 4.74 Å². The summed E-state index contributed by atoms with van der Waals surface area (Å²) in [5, 5.41) is 0. The standard InChI is InChI=1S/C14H24N2O/c1-11-7-5-6-8-13(11)16(3)14(9-15)12(2)10-17-4/h5-8,12,14H,9-10,15H2,1-4H3. The van der Waals surface area contributed by atoms with Crippen molar-refractivity contribution in [1.29, 1.82) is 0 Å². The Bertz CT molecular complexity index is 341. The Morgan fingerprint density at radius 3 is 2.53 bits per heavy atom. The van der Waals surface area contributed by atoms with Gasteiger partial charge in [0.25, 0.3) is 0 Å². The first-order chi connectivity index (χ1) is 8.11. The van der Waals surface area contributed by atoms with Crippen molar-refractivity contribution in [2.45, 2.75) is 19.9 Å². The van der Waals surface area contributed by atoms with E-state index in [0.717, 1.165) is 6.61 Å². The smallest absolute Gasteiger partial charge is 0.0507 e. The molecule has 1 aromatic rings. The first-order valence-electron chi connectivity index (χ1n) is 6.09. The topological polar surface area (TPSA) is 38.5 Å². The molecule has 0 fully saturated rings. The summed E-state index contributed by atoms with van der Waals surface area (Å²) in [5.41, 5.74) is 8.41. The van der Waals surface area contributed by atoms with Gasteiger partial charge in [0.15, 0.2) is 0 Å². The van der Waals surface area contributed by atoms with Gasteiger partial charge in [-0.05, 0) is 18.6 Å². The average molecular weight is 236 g/mol. The zero-order valence-corrected chi connectivity index (χ0v) is 11.3. The molecule has 0 spiro atoms. The van der Waals surface area contributed by atoms with E-state index in [-0.39, 0.29) is 0 Å². The second-order valence-corrected chi connectivity index (χ2v) is 4.63. The largest absolute Gasteiger partial charge is 0.384 e. The first-order valence-corrected chi connectivity index (χ1v) is 6.09. The molecule has 0 aliphatic carbocycles. The monoisotopic (exact) mass is 236 g/mol. The van der Waals surface area contributed by atoms with Crippen LogP contribution in [0.2, 0.25) is 0 Å². The number of hydrogen-bond donors (Lipinski definition) is 1. The number of aryl methyl sites for hydroxylation is 1. The van der Waals surface area contributed by atoms with E-state index in [1.807, 2.05) is 0 Å². The molecule has 1 aromatic carbocycles. The second-order valence-electron chi connectivity index (χ2n) is 4.63. The van der Waals surface area contributed by atoms with Crippen LogP contribution in [0.3, 0.4) is 0 Å². The van der Waals surface area contributed by atoms with E-state index in [1.54, 1.807) is 7.11 Å². The Hall–Kier alpha value is -1.06. The fourth-order valence-corrected chi connectivity index (χ4v) is 2.28. The minimum absolute atomic E-state index is 0.302. The molecule has 17 heavy (non-hydrogen) atoms. The third-order valence-electron chi connectivity index (χ3n) is 3.32. The Morgan fingerprint density at radius 1 is 1.35 bits per heavy atom. The van der Waals surface area contributed by atoms with Gasteiger partial charge in [0.2, 0.25) is 0 Å². The first kappa shape index (κ1) is 14.0. The molecule has 0 bridgehead atoms. The maximum absolute atomic E-state index is 5.90. The molecule has 0 aliphatic heterocycles. The highest BCUT2D eigenvalue weighted by atomic mass is 16.5. The van der Waals surface area contributed by atoms with Crippen molar-refractivity contribution in [3.05, 3.63) is 29.8 Å². The lowest BCUT2D eigenvalue weighted by atomic mass is 10.0. The quantitative estimate of drug-likeness (QED) is 0.821. The van der Waals surface area contributed by atoms with Crippen LogP contribution in [-0.4, -0.2) is 33.4 Å². The molecule has 2 atom stereocenters. The van der Waals surface area contributed by atoms with Gasteiger partial charge in [-0.1, -0.05) is 25.1 Å². The van der Waals surface area contributed by atoms with Gasteiger partial charge in [0.05, 0.1) is 6.61 Å². The van der Waals surface area contributed by atoms with Crippen molar-refractivity contribution in [1.82, 2.24) is 0 Å². The number of para-hydroxylation sites is 1. The van der Waals surface area contributed by atoms with Crippen LogP contribution in [0, 0.1) is 12.8 Å². The Morgan fingerprint density at radius 2 is 2.00 bits per heavy atom. The third-order valence-corrected chi connectivity index (χ3v) is 3.32. The summed E-state index contributed by atoms with van der Waals surface area (Å²) in [4.78, 5) is 2.26. The van der Waals surface area contributed by atoms with Gasteiger partial charge in [-0.25, -0.2) is 0 Å². The van der Waals surface area contributed by atoms with Gasteiger partial charge in [0, 0.05) is 38.3 Å². The predicted octanol–water partition coefficient (Wildman–Crippen LogP) is 2.04. The molecular weight excluding hydrogens is 212 g/mol. The van der Waals surface area contributed by atoms with Gasteiger partial charge in [-0.2, -0.15) is 0 Å². The molecule has 0 heterocycles. The number of benzene rings is 1. The predicted molar refractivity (Wildman–Crippen MR) is 73.5 cm³/mol. The minimum atomic E-state index is 0.302. The van der Waals surface area contributed by atoms with Crippen LogP contribution >= 0.6 is 0 Å². The van der Waals surface area contributed by atoms with Gasteiger partial charge >= 0.3 is 0 Å². The number of rotatable bonds is 6. The van der Waals surface area contributed by atoms with Crippen LogP contribution in [0.15, 0.2) is 24.3 Å². The summed E-state index contributed by atoms with van der Waals surface area (Å²) in [5.74, 6) is 0.412. The number of methoxy groups -OCH3 is 1. The van der Waals surface area contributed by atoms with E-state index >= 15 is 0 Å². The molecule has 0 radical (unpaired) electrons. The molecule has 0 aliphatic rings. The molecule has 0 saturated carbocycles. The van der Waals surface area contributed by atoms with Gasteiger partial charge < -0.3 is 15.4 Å². The fraction of sp³-hybridized carbons (Fsp3) is 0.571. The van der Waals surface area contributed by atoms with Crippen LogP contribution in [0.1, 0.15) is 12.5 Å². The van der Waals surface area contributed by atoms with Crippen LogP contribution in [0.5, 0.6) is 0 Å². The molecule has 1 rings (SSSR count). The number of likely N-dealkylation sites (N-methyl/N-ethyl adjacent to an activating group) is 1. The normalized spacial score (nSPS) is 14.4. The highest BCUT2D eigenvalue weighted by Gasteiger charge is 2.21. The van der Waals surface area contributed by atoms with Crippen molar-refractivity contribution in [3.8, 4) is 0 Å². The van der Waals surface area contributed by atoms with Crippen LogP contribution in [0.25, 0.3) is 0 Å². The number of ether oxygens (including phenoxy) is 1. The number of nitrogens with two attached hydrogens (primary N) is 1.